The molecule has 0 aliphatic rings. The number of methoxy groups -OCH3 is 1. The van der Waals surface area contributed by atoms with Crippen molar-refractivity contribution >= 4 is 22.7 Å². The van der Waals surface area contributed by atoms with Crippen molar-refractivity contribution < 1.29 is 4.74 Å². The summed E-state index contributed by atoms with van der Waals surface area (Å²) in [6.45, 7) is 1.96. The number of nitrogens with one attached hydrogen (secondary N) is 1. The van der Waals surface area contributed by atoms with Gasteiger partial charge in [0, 0.05) is 10.9 Å². The molecule has 0 saturated heterocycles. The number of hydrogen-bond acceptors (Lipinski definition) is 5. The van der Waals surface area contributed by atoms with Crippen LogP contribution in [0.2, 0.25) is 0 Å². The number of aromatic nitrogens is 1. The molecular formula is C18H17N3OS. The average Bonchev–Trinajstić information content (AvgIpc) is 3.00. The maximum absolute atomic E-state index is 5.43. The lowest BCUT2D eigenvalue weighted by Crippen LogP contribution is -1.91. The Morgan fingerprint density at radius 3 is 2.83 bits per heavy atom. The number of benzene rings is 2. The molecule has 3 aromatic rings. The Hall–Kier alpha value is -2.66. The molecular weight excluding hydrogens is 306 g/mol. The number of aryl methyl sites for hydroxylation is 1. The maximum atomic E-state index is 5.43. The first-order valence-corrected chi connectivity index (χ1v) is 8.09. The molecule has 1 heterocycles. The van der Waals surface area contributed by atoms with Crippen LogP contribution in [0.3, 0.4) is 0 Å². The van der Waals surface area contributed by atoms with Gasteiger partial charge in [0.2, 0.25) is 5.13 Å². The first kappa shape index (κ1) is 15.2. The third kappa shape index (κ3) is 3.76. The molecule has 0 aliphatic heterocycles. The van der Waals surface area contributed by atoms with Gasteiger partial charge >= 0.3 is 0 Å². The number of hydrogen-bond donors (Lipinski definition) is 1. The Balaban J connectivity index is 1.79. The van der Waals surface area contributed by atoms with E-state index in [9.17, 15) is 0 Å². The quantitative estimate of drug-likeness (QED) is 0.552. The molecule has 1 N–H and O–H groups in total. The summed E-state index contributed by atoms with van der Waals surface area (Å²) in [6, 6.07) is 16.1. The molecule has 4 nitrogen and oxygen atoms in total. The monoisotopic (exact) mass is 323 g/mol. The predicted molar refractivity (Wildman–Crippen MR) is 96.5 cm³/mol. The van der Waals surface area contributed by atoms with E-state index in [2.05, 4.69) is 27.6 Å². The summed E-state index contributed by atoms with van der Waals surface area (Å²) in [5, 5.41) is 7.02. The summed E-state index contributed by atoms with van der Waals surface area (Å²) in [4.78, 5) is 4.31. The molecule has 5 heteroatoms. The lowest BCUT2D eigenvalue weighted by atomic mass is 10.0. The van der Waals surface area contributed by atoms with Gasteiger partial charge in [-0.05, 0) is 30.2 Å². The minimum absolute atomic E-state index is 0.791. The average molecular weight is 323 g/mol. The Morgan fingerprint density at radius 1 is 1.17 bits per heavy atom. The zero-order valence-electron chi connectivity index (χ0n) is 13.0. The minimum Gasteiger partial charge on any atom is -0.496 e. The second-order valence-electron chi connectivity index (χ2n) is 4.99. The summed E-state index contributed by atoms with van der Waals surface area (Å²) >= 11 is 1.54. The van der Waals surface area contributed by atoms with E-state index in [1.807, 2.05) is 48.7 Å². The van der Waals surface area contributed by atoms with Crippen molar-refractivity contribution in [1.29, 1.82) is 0 Å². The molecule has 0 fully saturated rings. The van der Waals surface area contributed by atoms with Crippen molar-refractivity contribution in [1.82, 2.24) is 4.98 Å². The van der Waals surface area contributed by atoms with Crippen LogP contribution in [0.5, 0.6) is 5.75 Å². The van der Waals surface area contributed by atoms with Crippen LogP contribution in [-0.4, -0.2) is 18.3 Å². The fourth-order valence-electron chi connectivity index (χ4n) is 2.24. The molecule has 116 valence electrons. The second-order valence-corrected chi connectivity index (χ2v) is 5.85. The zero-order valence-corrected chi connectivity index (χ0v) is 13.8. The summed E-state index contributed by atoms with van der Waals surface area (Å²) < 4.78 is 5.43. The molecule has 0 atom stereocenters. The van der Waals surface area contributed by atoms with Gasteiger partial charge in [0.15, 0.2) is 0 Å². The number of hydrazone groups is 1. The van der Waals surface area contributed by atoms with Gasteiger partial charge in [-0.2, -0.15) is 5.10 Å². The minimum atomic E-state index is 0.791. The first-order chi connectivity index (χ1) is 11.3. The molecule has 1 aromatic heterocycles. The number of nitrogens with zero attached hydrogens (tertiary/aromatic N) is 2. The summed E-state index contributed by atoms with van der Waals surface area (Å²) in [7, 11) is 1.68. The highest BCUT2D eigenvalue weighted by Gasteiger charge is 2.04. The zero-order chi connectivity index (χ0) is 16.1. The van der Waals surface area contributed by atoms with Crippen molar-refractivity contribution in [3.63, 3.8) is 0 Å². The maximum Gasteiger partial charge on any atom is 0.203 e. The third-order valence-corrected chi connectivity index (χ3v) is 4.16. The Bertz CT molecular complexity index is 826. The fourth-order valence-corrected chi connectivity index (χ4v) is 2.87. The number of rotatable bonds is 5. The predicted octanol–water partition coefficient (Wildman–Crippen LogP) is 4.57. The molecule has 0 radical (unpaired) electrons. The normalized spacial score (nSPS) is 10.9. The molecule has 23 heavy (non-hydrogen) atoms. The molecule has 2 aromatic carbocycles. The van der Waals surface area contributed by atoms with Crippen LogP contribution in [0.1, 0.15) is 11.3 Å². The van der Waals surface area contributed by atoms with E-state index in [1.54, 1.807) is 13.3 Å². The van der Waals surface area contributed by atoms with Crippen molar-refractivity contribution in [3.05, 3.63) is 65.2 Å². The van der Waals surface area contributed by atoms with Crippen LogP contribution < -0.4 is 10.2 Å². The van der Waals surface area contributed by atoms with Crippen molar-refractivity contribution in [2.45, 2.75) is 6.92 Å². The van der Waals surface area contributed by atoms with Crippen LogP contribution in [-0.2, 0) is 0 Å². The van der Waals surface area contributed by atoms with Gasteiger partial charge in [-0.3, -0.25) is 5.43 Å². The lowest BCUT2D eigenvalue weighted by molar-refractivity contribution is 0.416. The topological polar surface area (TPSA) is 46.5 Å². The number of thiazole rings is 1. The molecule has 3 rings (SSSR count). The fraction of sp³-hybridized carbons (Fsp3) is 0.111. The molecule has 0 amide bonds. The SMILES string of the molecule is COc1ccccc1-c1cccc(C=NNc2nc(C)cs2)c1. The van der Waals surface area contributed by atoms with Crippen molar-refractivity contribution in [2.75, 3.05) is 12.5 Å². The summed E-state index contributed by atoms with van der Waals surface area (Å²) in [5.74, 6) is 0.859. The van der Waals surface area contributed by atoms with Gasteiger partial charge in [-0.15, -0.1) is 11.3 Å². The van der Waals surface area contributed by atoms with Crippen LogP contribution in [0.4, 0.5) is 5.13 Å². The standard InChI is InChI=1S/C18H17N3OS/c1-13-12-23-18(20-13)21-19-11-14-6-5-7-15(10-14)16-8-3-4-9-17(16)22-2/h3-12H,1-2H3,(H,20,21). The smallest absolute Gasteiger partial charge is 0.203 e. The third-order valence-electron chi connectivity index (χ3n) is 3.30. The van der Waals surface area contributed by atoms with E-state index >= 15 is 0 Å². The van der Waals surface area contributed by atoms with Crippen LogP contribution in [0.25, 0.3) is 11.1 Å². The largest absolute Gasteiger partial charge is 0.496 e. The Morgan fingerprint density at radius 2 is 2.04 bits per heavy atom. The van der Waals surface area contributed by atoms with Crippen LogP contribution in [0, 0.1) is 6.92 Å². The van der Waals surface area contributed by atoms with Crippen molar-refractivity contribution in [2.24, 2.45) is 5.10 Å². The van der Waals surface area contributed by atoms with E-state index in [1.165, 1.54) is 11.3 Å². The molecule has 0 bridgehead atoms. The Labute approximate surface area is 139 Å². The Kier molecular flexibility index (Phi) is 4.68. The van der Waals surface area contributed by atoms with E-state index < -0.39 is 0 Å². The van der Waals surface area contributed by atoms with Crippen molar-refractivity contribution in [3.8, 4) is 16.9 Å². The van der Waals surface area contributed by atoms with E-state index in [-0.39, 0.29) is 0 Å². The van der Waals surface area contributed by atoms with Gasteiger partial charge in [0.25, 0.3) is 0 Å². The molecule has 0 saturated carbocycles. The number of anilines is 1. The molecule has 0 unspecified atom stereocenters. The van der Waals surface area contributed by atoms with Crippen LogP contribution >= 0.6 is 11.3 Å². The highest BCUT2D eigenvalue weighted by molar-refractivity contribution is 7.13. The summed E-state index contributed by atoms with van der Waals surface area (Å²) in [5.41, 5.74) is 7.11. The number of para-hydroxylation sites is 1. The van der Waals surface area contributed by atoms with Gasteiger partial charge in [0.05, 0.1) is 19.0 Å². The van der Waals surface area contributed by atoms with E-state index in [0.29, 0.717) is 0 Å². The summed E-state index contributed by atoms with van der Waals surface area (Å²) in [6.07, 6.45) is 1.79. The van der Waals surface area contributed by atoms with Gasteiger partial charge < -0.3 is 4.74 Å². The van der Waals surface area contributed by atoms with Crippen LogP contribution in [0.15, 0.2) is 59.0 Å². The molecule has 0 spiro atoms. The highest BCUT2D eigenvalue weighted by Crippen LogP contribution is 2.29. The first-order valence-electron chi connectivity index (χ1n) is 7.21. The van der Waals surface area contributed by atoms with E-state index in [0.717, 1.165) is 33.3 Å². The van der Waals surface area contributed by atoms with Gasteiger partial charge in [0.1, 0.15) is 5.75 Å². The van der Waals surface area contributed by atoms with E-state index in [4.69, 9.17) is 4.74 Å². The van der Waals surface area contributed by atoms with Gasteiger partial charge in [-0.25, -0.2) is 4.98 Å². The lowest BCUT2D eigenvalue weighted by Gasteiger charge is -2.08. The highest BCUT2D eigenvalue weighted by atomic mass is 32.1. The molecule has 0 aliphatic carbocycles. The number of ether oxygens (including phenoxy) is 1. The second kappa shape index (κ2) is 7.07. The van der Waals surface area contributed by atoms with Gasteiger partial charge in [-0.1, -0.05) is 36.4 Å².